The van der Waals surface area contributed by atoms with Crippen LogP contribution < -0.4 is 0 Å². The van der Waals surface area contributed by atoms with Crippen molar-refractivity contribution in [1.29, 1.82) is 0 Å². The molecule has 0 saturated heterocycles. The maximum Gasteiger partial charge on any atom is 0.290 e. The average molecular weight is 377 g/mol. The zero-order chi connectivity index (χ0) is 18.0. The highest BCUT2D eigenvalue weighted by Crippen LogP contribution is 2.42. The van der Waals surface area contributed by atoms with Gasteiger partial charge in [0.2, 0.25) is 5.78 Å². The van der Waals surface area contributed by atoms with Gasteiger partial charge in [-0.2, -0.15) is 0 Å². The summed E-state index contributed by atoms with van der Waals surface area (Å²) in [5.41, 5.74) is 1.18. The number of ether oxygens (including phenoxy) is 1. The van der Waals surface area contributed by atoms with Gasteiger partial charge in [0.15, 0.2) is 5.76 Å². The number of carbonyl (C=O) groups excluding carboxylic acids is 2. The van der Waals surface area contributed by atoms with Crippen LogP contribution in [0.4, 0.5) is 0 Å². The summed E-state index contributed by atoms with van der Waals surface area (Å²) < 4.78 is 5.07. The van der Waals surface area contributed by atoms with E-state index in [0.717, 1.165) is 10.4 Å². The van der Waals surface area contributed by atoms with Crippen molar-refractivity contribution in [1.82, 2.24) is 4.90 Å². The summed E-state index contributed by atoms with van der Waals surface area (Å²) in [5, 5.41) is 14.2. The number of carbonyl (C=O) groups is 2. The minimum Gasteiger partial charge on any atom is -0.503 e. The molecule has 1 unspecified atom stereocenters. The first-order valence-electron chi connectivity index (χ1n) is 7.91. The summed E-state index contributed by atoms with van der Waals surface area (Å²) in [7, 11) is 1.61. The van der Waals surface area contributed by atoms with Crippen molar-refractivity contribution in [2.75, 3.05) is 20.3 Å². The Hall–Kier alpha value is -1.96. The number of hydrogen-bond acceptors (Lipinski definition) is 6. The highest BCUT2D eigenvalue weighted by Gasteiger charge is 2.44. The van der Waals surface area contributed by atoms with Crippen LogP contribution in [-0.4, -0.2) is 42.0 Å². The van der Waals surface area contributed by atoms with Gasteiger partial charge in [-0.25, -0.2) is 0 Å². The molecule has 1 aliphatic rings. The van der Waals surface area contributed by atoms with Crippen LogP contribution in [0, 0.1) is 6.92 Å². The van der Waals surface area contributed by atoms with Crippen molar-refractivity contribution in [2.45, 2.75) is 19.4 Å². The van der Waals surface area contributed by atoms with E-state index in [1.54, 1.807) is 24.1 Å². The van der Waals surface area contributed by atoms with Crippen molar-refractivity contribution in [2.24, 2.45) is 0 Å². The quantitative estimate of drug-likeness (QED) is 0.590. The van der Waals surface area contributed by atoms with Crippen molar-refractivity contribution in [3.05, 3.63) is 55.6 Å². The van der Waals surface area contributed by atoms with E-state index in [9.17, 15) is 14.7 Å². The van der Waals surface area contributed by atoms with Gasteiger partial charge in [0.25, 0.3) is 5.91 Å². The van der Waals surface area contributed by atoms with E-state index in [1.807, 2.05) is 23.8 Å². The smallest absolute Gasteiger partial charge is 0.290 e. The number of thiophene rings is 2. The second-order valence-corrected chi connectivity index (χ2v) is 7.68. The third-order valence-electron chi connectivity index (χ3n) is 4.19. The maximum atomic E-state index is 13.0. The summed E-state index contributed by atoms with van der Waals surface area (Å²) in [5.74, 6) is -1.21. The number of Topliss-reactive ketones (excluding diaryl/α,β-unsaturated/α-hetero) is 1. The van der Waals surface area contributed by atoms with Crippen LogP contribution in [0.3, 0.4) is 0 Å². The number of aliphatic hydroxyl groups excluding tert-OH is 1. The number of amides is 1. The molecule has 7 heteroatoms. The van der Waals surface area contributed by atoms with Gasteiger partial charge in [0.05, 0.1) is 16.5 Å². The molecule has 5 nitrogen and oxygen atoms in total. The number of nitrogens with zero attached hydrogens (tertiary/aromatic N) is 1. The van der Waals surface area contributed by atoms with Gasteiger partial charge in [0.1, 0.15) is 0 Å². The molecule has 0 aromatic carbocycles. The number of aliphatic hydroxyl groups is 1. The summed E-state index contributed by atoms with van der Waals surface area (Å²) in [6, 6.07) is 4.91. The number of ketones is 1. The first-order chi connectivity index (χ1) is 12.1. The number of methoxy groups -OCH3 is 1. The highest BCUT2D eigenvalue weighted by molar-refractivity contribution is 7.12. The SMILES string of the molecule is COCCCN1C(=O)C(O)=C(C(=O)c2cccs2)C1c1sccc1C. The largest absolute Gasteiger partial charge is 0.503 e. The fourth-order valence-electron chi connectivity index (χ4n) is 2.97. The van der Waals surface area contributed by atoms with Gasteiger partial charge in [-0.3, -0.25) is 9.59 Å². The van der Waals surface area contributed by atoms with E-state index >= 15 is 0 Å². The van der Waals surface area contributed by atoms with Crippen LogP contribution >= 0.6 is 22.7 Å². The van der Waals surface area contributed by atoms with E-state index in [1.165, 1.54) is 22.7 Å². The molecule has 0 radical (unpaired) electrons. The third kappa shape index (κ3) is 3.27. The molecule has 1 atom stereocenters. The van der Waals surface area contributed by atoms with Gasteiger partial charge in [-0.15, -0.1) is 22.7 Å². The molecule has 0 fully saturated rings. The summed E-state index contributed by atoms with van der Waals surface area (Å²) >= 11 is 2.80. The van der Waals surface area contributed by atoms with E-state index in [4.69, 9.17) is 4.74 Å². The predicted molar refractivity (Wildman–Crippen MR) is 98.3 cm³/mol. The van der Waals surface area contributed by atoms with Crippen LogP contribution in [-0.2, 0) is 9.53 Å². The Balaban J connectivity index is 2.02. The molecule has 3 heterocycles. The van der Waals surface area contributed by atoms with Gasteiger partial charge in [0, 0.05) is 25.1 Å². The van der Waals surface area contributed by atoms with Gasteiger partial charge in [-0.1, -0.05) is 6.07 Å². The molecule has 1 amide bonds. The van der Waals surface area contributed by atoms with Crippen molar-refractivity contribution in [3.8, 4) is 0 Å². The Bertz CT molecular complexity index is 807. The van der Waals surface area contributed by atoms with Gasteiger partial charge < -0.3 is 14.7 Å². The van der Waals surface area contributed by atoms with Crippen LogP contribution in [0.15, 0.2) is 40.3 Å². The Morgan fingerprint density at radius 3 is 2.72 bits per heavy atom. The molecule has 0 aliphatic carbocycles. The Morgan fingerprint density at radius 1 is 1.32 bits per heavy atom. The monoisotopic (exact) mass is 377 g/mol. The maximum absolute atomic E-state index is 13.0. The lowest BCUT2D eigenvalue weighted by molar-refractivity contribution is -0.129. The molecule has 1 N–H and O–H groups in total. The molecule has 0 saturated carbocycles. The van der Waals surface area contributed by atoms with Crippen molar-refractivity contribution >= 4 is 34.4 Å². The minimum atomic E-state index is -0.543. The molecule has 25 heavy (non-hydrogen) atoms. The number of rotatable bonds is 7. The topological polar surface area (TPSA) is 66.8 Å². The molecular weight excluding hydrogens is 358 g/mol. The second-order valence-electron chi connectivity index (χ2n) is 5.78. The van der Waals surface area contributed by atoms with Crippen LogP contribution in [0.25, 0.3) is 0 Å². The van der Waals surface area contributed by atoms with E-state index in [0.29, 0.717) is 24.4 Å². The summed E-state index contributed by atoms with van der Waals surface area (Å²) in [6.07, 6.45) is 0.636. The molecule has 0 bridgehead atoms. The fourth-order valence-corrected chi connectivity index (χ4v) is 4.70. The van der Waals surface area contributed by atoms with E-state index < -0.39 is 17.7 Å². The van der Waals surface area contributed by atoms with Crippen molar-refractivity contribution < 1.29 is 19.4 Å². The van der Waals surface area contributed by atoms with Crippen LogP contribution in [0.5, 0.6) is 0 Å². The first kappa shape index (κ1) is 17.8. The lowest BCUT2D eigenvalue weighted by Crippen LogP contribution is -2.32. The van der Waals surface area contributed by atoms with Crippen LogP contribution in [0.2, 0.25) is 0 Å². The molecule has 1 aliphatic heterocycles. The average Bonchev–Trinajstić information content (AvgIpc) is 3.31. The highest BCUT2D eigenvalue weighted by atomic mass is 32.1. The van der Waals surface area contributed by atoms with Gasteiger partial charge >= 0.3 is 0 Å². The lowest BCUT2D eigenvalue weighted by Gasteiger charge is -2.26. The Labute approximate surface area is 154 Å². The zero-order valence-electron chi connectivity index (χ0n) is 14.0. The Morgan fingerprint density at radius 2 is 2.12 bits per heavy atom. The fraction of sp³-hybridized carbons (Fsp3) is 0.333. The molecule has 2 aromatic heterocycles. The van der Waals surface area contributed by atoms with Gasteiger partial charge in [-0.05, 0) is 41.8 Å². The second kappa shape index (κ2) is 7.51. The van der Waals surface area contributed by atoms with E-state index in [-0.39, 0.29) is 11.4 Å². The minimum absolute atomic E-state index is 0.176. The zero-order valence-corrected chi connectivity index (χ0v) is 15.7. The molecule has 132 valence electrons. The van der Waals surface area contributed by atoms with Crippen LogP contribution in [0.1, 0.15) is 32.6 Å². The number of aryl methyl sites for hydroxylation is 1. The normalized spacial score (nSPS) is 17.6. The first-order valence-corrected chi connectivity index (χ1v) is 9.67. The summed E-state index contributed by atoms with van der Waals surface area (Å²) in [4.78, 5) is 28.6. The molecule has 2 aromatic rings. The molecule has 0 spiro atoms. The number of hydrogen-bond donors (Lipinski definition) is 1. The summed E-state index contributed by atoms with van der Waals surface area (Å²) in [6.45, 7) is 2.88. The Kier molecular flexibility index (Phi) is 5.36. The molecular formula is C18H19NO4S2. The molecule has 3 rings (SSSR count). The van der Waals surface area contributed by atoms with E-state index in [2.05, 4.69) is 0 Å². The third-order valence-corrected chi connectivity index (χ3v) is 6.13. The standard InChI is InChI=1S/C18H19NO4S2/c1-11-6-10-25-17(11)14-13(15(20)12-5-3-9-24-12)16(21)18(22)19(14)7-4-8-23-2/h3,5-6,9-10,14,21H,4,7-8H2,1-2H3. The van der Waals surface area contributed by atoms with Crippen molar-refractivity contribution in [3.63, 3.8) is 0 Å². The predicted octanol–water partition coefficient (Wildman–Crippen LogP) is 3.73. The lowest BCUT2D eigenvalue weighted by atomic mass is 9.99.